The highest BCUT2D eigenvalue weighted by atomic mass is 16.5. The Balaban J connectivity index is 2.36. The quantitative estimate of drug-likeness (QED) is 0.859. The van der Waals surface area contributed by atoms with E-state index in [4.69, 9.17) is 9.84 Å². The van der Waals surface area contributed by atoms with Crippen LogP contribution in [0.25, 0.3) is 0 Å². The van der Waals surface area contributed by atoms with Crippen LogP contribution in [-0.2, 0) is 14.4 Å². The third-order valence-corrected chi connectivity index (χ3v) is 3.57. The molecule has 1 aromatic carbocycles. The second-order valence-corrected chi connectivity index (χ2v) is 5.03. The van der Waals surface area contributed by atoms with Gasteiger partial charge < -0.3 is 20.1 Å². The highest BCUT2D eigenvalue weighted by molar-refractivity contribution is 6.04. The first-order valence-corrected chi connectivity index (χ1v) is 6.97. The minimum absolute atomic E-state index is 0.0479. The standard InChI is InChI=1S/C15H18N2O5/c1-3-13(18)16-11-5-4-10(22-2)7-12(11)17-8-9(15(20)21)6-14(17)19/h4-5,7,9H,3,6,8H2,1-2H3,(H,16,18)(H,20,21). The van der Waals surface area contributed by atoms with E-state index in [0.29, 0.717) is 23.5 Å². The fraction of sp³-hybridized carbons (Fsp3) is 0.400. The second kappa shape index (κ2) is 6.46. The first-order valence-electron chi connectivity index (χ1n) is 6.97. The summed E-state index contributed by atoms with van der Waals surface area (Å²) >= 11 is 0. The van der Waals surface area contributed by atoms with Gasteiger partial charge >= 0.3 is 5.97 Å². The minimum atomic E-state index is -1.00. The van der Waals surface area contributed by atoms with Crippen molar-refractivity contribution >= 4 is 29.2 Å². The Kier molecular flexibility index (Phi) is 4.65. The Morgan fingerprint density at radius 3 is 2.73 bits per heavy atom. The van der Waals surface area contributed by atoms with Crippen molar-refractivity contribution in [1.29, 1.82) is 0 Å². The van der Waals surface area contributed by atoms with Gasteiger partial charge in [-0.25, -0.2) is 0 Å². The van der Waals surface area contributed by atoms with E-state index in [1.807, 2.05) is 0 Å². The molecule has 0 aliphatic carbocycles. The molecule has 1 aromatic rings. The molecular weight excluding hydrogens is 288 g/mol. The summed E-state index contributed by atoms with van der Waals surface area (Å²) in [5, 5.41) is 11.8. The first kappa shape index (κ1) is 15.8. The fourth-order valence-corrected chi connectivity index (χ4v) is 2.31. The van der Waals surface area contributed by atoms with Gasteiger partial charge in [-0.2, -0.15) is 0 Å². The summed E-state index contributed by atoms with van der Waals surface area (Å²) in [6, 6.07) is 4.93. The van der Waals surface area contributed by atoms with Gasteiger partial charge in [-0.05, 0) is 12.1 Å². The van der Waals surface area contributed by atoms with Crippen LogP contribution in [0.5, 0.6) is 5.75 Å². The molecule has 2 rings (SSSR count). The Hall–Kier alpha value is -2.57. The molecular formula is C15H18N2O5. The third-order valence-electron chi connectivity index (χ3n) is 3.57. The second-order valence-electron chi connectivity index (χ2n) is 5.03. The van der Waals surface area contributed by atoms with E-state index in [0.717, 1.165) is 0 Å². The van der Waals surface area contributed by atoms with E-state index in [9.17, 15) is 14.4 Å². The highest BCUT2D eigenvalue weighted by Gasteiger charge is 2.36. The molecule has 0 aromatic heterocycles. The lowest BCUT2D eigenvalue weighted by Crippen LogP contribution is -2.27. The maximum absolute atomic E-state index is 12.1. The number of anilines is 2. The summed E-state index contributed by atoms with van der Waals surface area (Å²) in [5.74, 6) is -1.69. The summed E-state index contributed by atoms with van der Waals surface area (Å²) in [7, 11) is 1.50. The van der Waals surface area contributed by atoms with Crippen LogP contribution < -0.4 is 15.0 Å². The molecule has 22 heavy (non-hydrogen) atoms. The molecule has 7 heteroatoms. The summed E-state index contributed by atoms with van der Waals surface area (Å²) in [6.07, 6.45) is 0.255. The van der Waals surface area contributed by atoms with Crippen LogP contribution in [-0.4, -0.2) is 36.5 Å². The zero-order chi connectivity index (χ0) is 16.3. The van der Waals surface area contributed by atoms with Crippen molar-refractivity contribution < 1.29 is 24.2 Å². The monoisotopic (exact) mass is 306 g/mol. The van der Waals surface area contributed by atoms with Gasteiger partial charge in [0.1, 0.15) is 5.75 Å². The van der Waals surface area contributed by atoms with Crippen molar-refractivity contribution in [2.75, 3.05) is 23.9 Å². The predicted octanol–water partition coefficient (Wildman–Crippen LogP) is 1.48. The van der Waals surface area contributed by atoms with Crippen molar-refractivity contribution in [1.82, 2.24) is 0 Å². The van der Waals surface area contributed by atoms with Crippen LogP contribution in [0.15, 0.2) is 18.2 Å². The number of carbonyl (C=O) groups excluding carboxylic acids is 2. The Labute approximate surface area is 127 Å². The van der Waals surface area contributed by atoms with E-state index in [1.165, 1.54) is 12.0 Å². The number of carbonyl (C=O) groups is 3. The molecule has 0 saturated carbocycles. The van der Waals surface area contributed by atoms with Crippen molar-refractivity contribution in [2.24, 2.45) is 5.92 Å². The van der Waals surface area contributed by atoms with Gasteiger partial charge in [-0.3, -0.25) is 14.4 Å². The number of nitrogens with one attached hydrogen (secondary N) is 1. The molecule has 118 valence electrons. The minimum Gasteiger partial charge on any atom is -0.497 e. The van der Waals surface area contributed by atoms with E-state index in [-0.39, 0.29) is 24.8 Å². The third kappa shape index (κ3) is 3.19. The number of hydrogen-bond acceptors (Lipinski definition) is 4. The Bertz CT molecular complexity index is 614. The van der Waals surface area contributed by atoms with E-state index < -0.39 is 11.9 Å². The number of amides is 2. The van der Waals surface area contributed by atoms with Gasteiger partial charge in [0.05, 0.1) is 24.4 Å². The number of hydrogen-bond donors (Lipinski definition) is 2. The normalized spacial score (nSPS) is 17.5. The van der Waals surface area contributed by atoms with Gasteiger partial charge in [-0.1, -0.05) is 6.92 Å². The van der Waals surface area contributed by atoms with E-state index in [1.54, 1.807) is 25.1 Å². The van der Waals surface area contributed by atoms with E-state index in [2.05, 4.69) is 5.32 Å². The number of benzene rings is 1. The molecule has 1 aliphatic rings. The van der Waals surface area contributed by atoms with Crippen molar-refractivity contribution in [2.45, 2.75) is 19.8 Å². The summed E-state index contributed by atoms with van der Waals surface area (Å²) in [5.41, 5.74) is 0.918. The molecule has 2 amide bonds. The topological polar surface area (TPSA) is 95.9 Å². The molecule has 2 N–H and O–H groups in total. The fourth-order valence-electron chi connectivity index (χ4n) is 2.31. The van der Waals surface area contributed by atoms with Crippen molar-refractivity contribution in [3.8, 4) is 5.75 Å². The molecule has 1 heterocycles. The molecule has 1 saturated heterocycles. The maximum Gasteiger partial charge on any atom is 0.308 e. The van der Waals surface area contributed by atoms with Crippen LogP contribution in [0.1, 0.15) is 19.8 Å². The lowest BCUT2D eigenvalue weighted by atomic mass is 10.1. The lowest BCUT2D eigenvalue weighted by Gasteiger charge is -2.21. The molecule has 1 aliphatic heterocycles. The SMILES string of the molecule is CCC(=O)Nc1ccc(OC)cc1N1CC(C(=O)O)CC1=O. The predicted molar refractivity (Wildman–Crippen MR) is 80.0 cm³/mol. The van der Waals surface area contributed by atoms with Crippen LogP contribution >= 0.6 is 0 Å². The zero-order valence-electron chi connectivity index (χ0n) is 12.5. The number of nitrogens with zero attached hydrogens (tertiary/aromatic N) is 1. The van der Waals surface area contributed by atoms with Crippen LogP contribution in [0, 0.1) is 5.92 Å². The average molecular weight is 306 g/mol. The number of rotatable bonds is 5. The molecule has 1 fully saturated rings. The molecule has 0 radical (unpaired) electrons. The smallest absolute Gasteiger partial charge is 0.308 e. The summed E-state index contributed by atoms with van der Waals surface area (Å²) in [6.45, 7) is 1.80. The molecule has 0 bridgehead atoms. The van der Waals surface area contributed by atoms with Crippen molar-refractivity contribution in [3.05, 3.63) is 18.2 Å². The number of carboxylic acids is 1. The van der Waals surface area contributed by atoms with Gasteiger partial charge in [0.2, 0.25) is 11.8 Å². The summed E-state index contributed by atoms with van der Waals surface area (Å²) in [4.78, 5) is 36.2. The highest BCUT2D eigenvalue weighted by Crippen LogP contribution is 2.34. The number of ether oxygens (including phenoxy) is 1. The number of aliphatic carboxylic acids is 1. The number of methoxy groups -OCH3 is 1. The Morgan fingerprint density at radius 1 is 1.45 bits per heavy atom. The molecule has 1 atom stereocenters. The van der Waals surface area contributed by atoms with Crippen molar-refractivity contribution in [3.63, 3.8) is 0 Å². The molecule has 7 nitrogen and oxygen atoms in total. The average Bonchev–Trinajstić information content (AvgIpc) is 2.89. The van der Waals surface area contributed by atoms with Crippen LogP contribution in [0.4, 0.5) is 11.4 Å². The largest absolute Gasteiger partial charge is 0.497 e. The molecule has 0 spiro atoms. The van der Waals surface area contributed by atoms with Gasteiger partial charge in [0.15, 0.2) is 0 Å². The van der Waals surface area contributed by atoms with Gasteiger partial charge in [-0.15, -0.1) is 0 Å². The lowest BCUT2D eigenvalue weighted by molar-refractivity contribution is -0.141. The van der Waals surface area contributed by atoms with Crippen LogP contribution in [0.2, 0.25) is 0 Å². The summed E-state index contributed by atoms with van der Waals surface area (Å²) < 4.78 is 5.14. The van der Waals surface area contributed by atoms with Gasteiger partial charge in [0.25, 0.3) is 0 Å². The molecule has 1 unspecified atom stereocenters. The van der Waals surface area contributed by atoms with E-state index >= 15 is 0 Å². The number of carboxylic acid groups (broad SMARTS) is 1. The van der Waals surface area contributed by atoms with Gasteiger partial charge in [0, 0.05) is 25.5 Å². The maximum atomic E-state index is 12.1. The van der Waals surface area contributed by atoms with Crippen LogP contribution in [0.3, 0.4) is 0 Å². The first-order chi connectivity index (χ1) is 10.5. The zero-order valence-corrected chi connectivity index (χ0v) is 12.5. The Morgan fingerprint density at radius 2 is 2.18 bits per heavy atom.